The van der Waals surface area contributed by atoms with Gasteiger partial charge in [0, 0.05) is 21.0 Å². The minimum Gasteiger partial charge on any atom is -0.496 e. The van der Waals surface area contributed by atoms with E-state index in [1.54, 1.807) is 37.5 Å². The van der Waals surface area contributed by atoms with Crippen LogP contribution in [0.4, 0.5) is 13.8 Å². The number of halogens is 3. The van der Waals surface area contributed by atoms with E-state index in [-0.39, 0.29) is 0 Å². The molecule has 0 spiro atoms. The first-order valence-corrected chi connectivity index (χ1v) is 10.5. The molecule has 0 saturated carbocycles. The monoisotopic (exact) mass is 462 g/mol. The minimum atomic E-state index is -1.03. The van der Waals surface area contributed by atoms with Gasteiger partial charge in [-0.15, -0.1) is 11.3 Å². The molecule has 8 heteroatoms. The average Bonchev–Trinajstić information content (AvgIpc) is 3.22. The molecule has 1 N–H and O–H groups in total. The molecule has 0 aliphatic heterocycles. The molecule has 0 radical (unpaired) electrons. The first-order chi connectivity index (χ1) is 14.9. The zero-order valence-electron chi connectivity index (χ0n) is 17.2. The smallest absolute Gasteiger partial charge is 0.262 e. The molecule has 2 heterocycles. The van der Waals surface area contributed by atoms with Gasteiger partial charge in [-0.05, 0) is 36.4 Å². The zero-order valence-corrected chi connectivity index (χ0v) is 18.8. The van der Waals surface area contributed by atoms with E-state index < -0.39 is 23.1 Å². The molecule has 1 amide bonds. The molecule has 4 nitrogen and oxygen atoms in total. The van der Waals surface area contributed by atoms with Crippen molar-refractivity contribution in [2.75, 3.05) is 12.4 Å². The van der Waals surface area contributed by atoms with E-state index in [0.717, 1.165) is 28.4 Å². The van der Waals surface area contributed by atoms with Gasteiger partial charge in [-0.3, -0.25) is 9.78 Å². The number of rotatable bonds is 6. The number of benzene rings is 1. The van der Waals surface area contributed by atoms with Gasteiger partial charge in [0.05, 0.1) is 24.5 Å². The van der Waals surface area contributed by atoms with E-state index in [9.17, 15) is 13.6 Å². The molecule has 162 valence electrons. The van der Waals surface area contributed by atoms with Crippen molar-refractivity contribution in [2.45, 2.75) is 13.8 Å². The van der Waals surface area contributed by atoms with Crippen LogP contribution in [0.25, 0.3) is 16.2 Å². The van der Waals surface area contributed by atoms with Crippen molar-refractivity contribution in [2.24, 2.45) is 0 Å². The summed E-state index contributed by atoms with van der Waals surface area (Å²) in [5, 5.41) is 3.42. The molecule has 0 bridgehead atoms. The third-order valence-electron chi connectivity index (χ3n) is 3.93. The van der Waals surface area contributed by atoms with Crippen LogP contribution in [0.5, 0.6) is 0 Å². The van der Waals surface area contributed by atoms with Crippen LogP contribution in [0, 0.1) is 11.6 Å². The van der Waals surface area contributed by atoms with E-state index in [0.29, 0.717) is 15.8 Å². The van der Waals surface area contributed by atoms with Crippen molar-refractivity contribution in [1.82, 2.24) is 4.98 Å². The summed E-state index contributed by atoms with van der Waals surface area (Å²) in [6.45, 7) is 7.66. The SMILES string of the molecule is C=C/C=C(\OC)c1ccc(Cl)c(-c2ccc(NC(=O)c3c(F)cncc3F)s2)c1.CC. The van der Waals surface area contributed by atoms with Gasteiger partial charge in [0.25, 0.3) is 5.91 Å². The maximum atomic E-state index is 13.7. The Balaban J connectivity index is 0.00000166. The van der Waals surface area contributed by atoms with Crippen molar-refractivity contribution in [3.05, 3.63) is 89.2 Å². The Morgan fingerprint density at radius 1 is 1.19 bits per heavy atom. The molecule has 31 heavy (non-hydrogen) atoms. The standard InChI is InChI=1S/C21H15ClF2N2O2S.C2H6/c1-3-4-17(28-2)12-5-6-14(22)13(9-12)18-7-8-19(29-18)26-21(27)20-15(23)10-25-11-16(20)24;1-2/h3-11H,1H2,2H3,(H,26,27);1-2H3/b17-4-;. The van der Waals surface area contributed by atoms with Gasteiger partial charge in [0.2, 0.25) is 0 Å². The second kappa shape index (κ2) is 11.4. The molecule has 0 unspecified atom stereocenters. The number of nitrogens with one attached hydrogen (secondary N) is 1. The number of pyridine rings is 1. The van der Waals surface area contributed by atoms with Crippen LogP contribution in [0.2, 0.25) is 5.02 Å². The highest BCUT2D eigenvalue weighted by molar-refractivity contribution is 7.19. The van der Waals surface area contributed by atoms with Gasteiger partial charge >= 0.3 is 0 Å². The number of amides is 1. The first-order valence-electron chi connectivity index (χ1n) is 9.31. The highest BCUT2D eigenvalue weighted by atomic mass is 35.5. The summed E-state index contributed by atoms with van der Waals surface area (Å²) in [6.07, 6.45) is 4.91. The van der Waals surface area contributed by atoms with Gasteiger partial charge in [0.15, 0.2) is 11.6 Å². The van der Waals surface area contributed by atoms with Crippen molar-refractivity contribution in [1.29, 1.82) is 0 Å². The second-order valence-corrected chi connectivity index (χ2v) is 7.25. The molecular formula is C23H21ClF2N2O2S. The minimum absolute atomic E-state index is 0.413. The van der Waals surface area contributed by atoms with E-state index in [4.69, 9.17) is 16.3 Å². The van der Waals surface area contributed by atoms with Crippen LogP contribution in [0.3, 0.4) is 0 Å². The van der Waals surface area contributed by atoms with E-state index >= 15 is 0 Å². The van der Waals surface area contributed by atoms with Crippen LogP contribution in [0.1, 0.15) is 29.8 Å². The lowest BCUT2D eigenvalue weighted by molar-refractivity contribution is 0.101. The normalized spacial score (nSPS) is 10.7. The van der Waals surface area contributed by atoms with Crippen LogP contribution >= 0.6 is 22.9 Å². The predicted molar refractivity (Wildman–Crippen MR) is 123 cm³/mol. The van der Waals surface area contributed by atoms with Crippen LogP contribution in [-0.2, 0) is 4.74 Å². The Bertz CT molecular complexity index is 1090. The molecule has 0 saturated heterocycles. The van der Waals surface area contributed by atoms with Crippen LogP contribution in [0.15, 0.2) is 61.5 Å². The lowest BCUT2D eigenvalue weighted by Crippen LogP contribution is -2.15. The van der Waals surface area contributed by atoms with Crippen LogP contribution < -0.4 is 5.32 Å². The number of hydrogen-bond donors (Lipinski definition) is 1. The predicted octanol–water partition coefficient (Wildman–Crippen LogP) is 7.19. The van der Waals surface area contributed by atoms with Crippen molar-refractivity contribution in [3.63, 3.8) is 0 Å². The molecule has 0 atom stereocenters. The topological polar surface area (TPSA) is 51.2 Å². The number of hydrogen-bond acceptors (Lipinski definition) is 4. The average molecular weight is 463 g/mol. The fourth-order valence-corrected chi connectivity index (χ4v) is 3.82. The molecule has 3 rings (SSSR count). The number of ether oxygens (including phenoxy) is 1. The molecule has 2 aromatic heterocycles. The molecule has 0 aliphatic rings. The van der Waals surface area contributed by atoms with Crippen molar-refractivity contribution < 1.29 is 18.3 Å². The summed E-state index contributed by atoms with van der Waals surface area (Å²) in [5.74, 6) is -2.34. The third-order valence-corrected chi connectivity index (χ3v) is 5.29. The summed E-state index contributed by atoms with van der Waals surface area (Å²) >= 11 is 7.56. The summed E-state index contributed by atoms with van der Waals surface area (Å²) in [4.78, 5) is 16.4. The highest BCUT2D eigenvalue weighted by Gasteiger charge is 2.19. The quantitative estimate of drug-likeness (QED) is 0.311. The van der Waals surface area contributed by atoms with Crippen molar-refractivity contribution in [3.8, 4) is 10.4 Å². The number of allylic oxidation sites excluding steroid dienone is 2. The fourth-order valence-electron chi connectivity index (χ4n) is 2.61. The van der Waals surface area contributed by atoms with E-state index in [1.807, 2.05) is 26.0 Å². The molecule has 3 aromatic rings. The molecule has 0 aliphatic carbocycles. The van der Waals surface area contributed by atoms with Gasteiger partial charge in [-0.1, -0.05) is 38.1 Å². The Morgan fingerprint density at radius 2 is 1.87 bits per heavy atom. The largest absolute Gasteiger partial charge is 0.496 e. The van der Waals surface area contributed by atoms with Crippen molar-refractivity contribution >= 4 is 39.6 Å². The number of thiophene rings is 1. The number of anilines is 1. The summed E-state index contributed by atoms with van der Waals surface area (Å²) in [6, 6.07) is 8.79. The first kappa shape index (κ1) is 24.2. The summed E-state index contributed by atoms with van der Waals surface area (Å²) < 4.78 is 32.8. The Hall–Kier alpha value is -3.03. The lowest BCUT2D eigenvalue weighted by atomic mass is 10.1. The zero-order chi connectivity index (χ0) is 23.0. The van der Waals surface area contributed by atoms with Gasteiger partial charge in [-0.2, -0.15) is 0 Å². The third kappa shape index (κ3) is 5.77. The highest BCUT2D eigenvalue weighted by Crippen LogP contribution is 2.37. The maximum Gasteiger partial charge on any atom is 0.262 e. The fraction of sp³-hybridized carbons (Fsp3) is 0.130. The van der Waals surface area contributed by atoms with Gasteiger partial charge in [0.1, 0.15) is 11.3 Å². The van der Waals surface area contributed by atoms with Gasteiger partial charge < -0.3 is 10.1 Å². The molecule has 1 aromatic carbocycles. The lowest BCUT2D eigenvalue weighted by Gasteiger charge is -2.09. The van der Waals surface area contributed by atoms with E-state index in [1.165, 1.54) is 11.3 Å². The summed E-state index contributed by atoms with van der Waals surface area (Å²) in [5.41, 5.74) is 0.837. The molecule has 0 fully saturated rings. The maximum absolute atomic E-state index is 13.7. The second-order valence-electron chi connectivity index (χ2n) is 5.76. The van der Waals surface area contributed by atoms with Crippen LogP contribution in [-0.4, -0.2) is 18.0 Å². The number of carbonyl (C=O) groups is 1. The van der Waals surface area contributed by atoms with Gasteiger partial charge in [-0.25, -0.2) is 8.78 Å². The summed E-state index contributed by atoms with van der Waals surface area (Å²) in [7, 11) is 1.56. The Labute approximate surface area is 188 Å². The Kier molecular flexibility index (Phi) is 8.90. The molecular weight excluding hydrogens is 442 g/mol. The number of methoxy groups -OCH3 is 1. The number of carbonyl (C=O) groups excluding carboxylic acids is 1. The van der Waals surface area contributed by atoms with E-state index in [2.05, 4.69) is 16.9 Å². The Morgan fingerprint density at radius 3 is 2.48 bits per heavy atom. The number of nitrogens with zero attached hydrogens (tertiary/aromatic N) is 1. The number of aromatic nitrogens is 1.